The Labute approximate surface area is 141 Å². The summed E-state index contributed by atoms with van der Waals surface area (Å²) in [6.45, 7) is 0.967. The van der Waals surface area contributed by atoms with Gasteiger partial charge in [0.2, 0.25) is 0 Å². The summed E-state index contributed by atoms with van der Waals surface area (Å²) in [4.78, 5) is 2.58. The molecule has 112 valence electrons. The zero-order chi connectivity index (χ0) is 15.4. The second-order valence-electron chi connectivity index (χ2n) is 6.36. The molecule has 0 saturated carbocycles. The molecular formula is C21H16ClN. The fourth-order valence-electron chi connectivity index (χ4n) is 3.97. The smallest absolute Gasteiger partial charge is 0.0562 e. The fraction of sp³-hybridized carbons (Fsp3) is 0.143. The van der Waals surface area contributed by atoms with Gasteiger partial charge in [0, 0.05) is 11.6 Å². The summed E-state index contributed by atoms with van der Waals surface area (Å²) < 4.78 is 0. The van der Waals surface area contributed by atoms with Crippen molar-refractivity contribution in [2.24, 2.45) is 0 Å². The minimum absolute atomic E-state index is 0.511. The van der Waals surface area contributed by atoms with E-state index in [1.54, 1.807) is 0 Å². The third kappa shape index (κ3) is 2.04. The SMILES string of the molecule is Clc1ccc(CN2[C@@H]3c4ccccc4-c4ccccc4[C@@H]32)cc1. The first-order valence-electron chi connectivity index (χ1n) is 8.01. The summed E-state index contributed by atoms with van der Waals surface area (Å²) in [5.41, 5.74) is 7.03. The van der Waals surface area contributed by atoms with Gasteiger partial charge in [-0.15, -0.1) is 0 Å². The first-order chi connectivity index (χ1) is 11.3. The monoisotopic (exact) mass is 317 g/mol. The van der Waals surface area contributed by atoms with Gasteiger partial charge in [-0.2, -0.15) is 0 Å². The molecule has 1 aliphatic heterocycles. The van der Waals surface area contributed by atoms with Crippen LogP contribution in [0.1, 0.15) is 28.8 Å². The van der Waals surface area contributed by atoms with Crippen molar-refractivity contribution in [2.45, 2.75) is 18.6 Å². The summed E-state index contributed by atoms with van der Waals surface area (Å²) in [6, 6.07) is 26.9. The van der Waals surface area contributed by atoms with Crippen molar-refractivity contribution in [1.82, 2.24) is 4.90 Å². The van der Waals surface area contributed by atoms with E-state index in [0.29, 0.717) is 12.1 Å². The molecular weight excluding hydrogens is 302 g/mol. The van der Waals surface area contributed by atoms with Gasteiger partial charge in [0.15, 0.2) is 0 Å². The summed E-state index contributed by atoms with van der Waals surface area (Å²) >= 11 is 6.01. The van der Waals surface area contributed by atoms with Crippen LogP contribution in [0.5, 0.6) is 0 Å². The van der Waals surface area contributed by atoms with E-state index in [0.717, 1.165) is 11.6 Å². The first-order valence-corrected chi connectivity index (χ1v) is 8.39. The van der Waals surface area contributed by atoms with Crippen molar-refractivity contribution in [3.63, 3.8) is 0 Å². The van der Waals surface area contributed by atoms with Crippen LogP contribution in [-0.4, -0.2) is 4.90 Å². The van der Waals surface area contributed by atoms with Gasteiger partial charge in [0.05, 0.1) is 12.1 Å². The van der Waals surface area contributed by atoms with Crippen LogP contribution in [-0.2, 0) is 6.54 Å². The molecule has 3 aromatic rings. The quantitative estimate of drug-likeness (QED) is 0.554. The second-order valence-corrected chi connectivity index (χ2v) is 6.80. The summed E-state index contributed by atoms with van der Waals surface area (Å²) in [5.74, 6) is 0. The molecule has 1 heterocycles. The van der Waals surface area contributed by atoms with E-state index >= 15 is 0 Å². The standard InChI is InChI=1S/C21H16ClN/c22-15-11-9-14(10-12-15)13-23-20-18-7-3-1-5-16(18)17-6-2-4-8-19(17)21(20)23/h1-12,20-21H,13H2/t20-,21+,23?. The third-order valence-corrected chi connectivity index (χ3v) is 5.30. The molecule has 0 radical (unpaired) electrons. The molecule has 0 aromatic heterocycles. The van der Waals surface area contributed by atoms with Gasteiger partial charge < -0.3 is 0 Å². The molecule has 1 nitrogen and oxygen atoms in total. The van der Waals surface area contributed by atoms with Crippen molar-refractivity contribution in [1.29, 1.82) is 0 Å². The Morgan fingerprint density at radius 2 is 1.22 bits per heavy atom. The molecule has 5 rings (SSSR count). The molecule has 0 amide bonds. The summed E-state index contributed by atoms with van der Waals surface area (Å²) in [5, 5.41) is 0.799. The Morgan fingerprint density at radius 1 is 0.696 bits per heavy atom. The van der Waals surface area contributed by atoms with Gasteiger partial charge in [-0.3, -0.25) is 4.90 Å². The first kappa shape index (κ1) is 13.4. The fourth-order valence-corrected chi connectivity index (χ4v) is 4.10. The third-order valence-electron chi connectivity index (χ3n) is 5.05. The Bertz CT molecular complexity index is 833. The lowest BCUT2D eigenvalue weighted by atomic mass is 9.86. The predicted molar refractivity (Wildman–Crippen MR) is 94.4 cm³/mol. The van der Waals surface area contributed by atoms with Crippen LogP contribution in [0, 0.1) is 0 Å². The molecule has 23 heavy (non-hydrogen) atoms. The number of rotatable bonds is 2. The Kier molecular flexibility index (Phi) is 2.88. The van der Waals surface area contributed by atoms with Crippen molar-refractivity contribution >= 4 is 11.6 Å². The van der Waals surface area contributed by atoms with Gasteiger partial charge in [-0.25, -0.2) is 0 Å². The number of hydrogen-bond donors (Lipinski definition) is 0. The van der Waals surface area contributed by atoms with Crippen molar-refractivity contribution in [2.75, 3.05) is 0 Å². The number of halogens is 1. The lowest BCUT2D eigenvalue weighted by Gasteiger charge is -2.16. The van der Waals surface area contributed by atoms with Gasteiger partial charge in [0.1, 0.15) is 0 Å². The zero-order valence-electron chi connectivity index (χ0n) is 12.6. The minimum Gasteiger partial charge on any atom is -0.281 e. The Balaban J connectivity index is 1.56. The molecule has 1 fully saturated rings. The normalized spacial score (nSPS) is 23.6. The highest BCUT2D eigenvalue weighted by molar-refractivity contribution is 6.30. The van der Waals surface area contributed by atoms with Crippen LogP contribution in [0.3, 0.4) is 0 Å². The van der Waals surface area contributed by atoms with E-state index in [-0.39, 0.29) is 0 Å². The summed E-state index contributed by atoms with van der Waals surface area (Å²) in [7, 11) is 0. The lowest BCUT2D eigenvalue weighted by Crippen LogP contribution is -1.99. The molecule has 3 aromatic carbocycles. The predicted octanol–water partition coefficient (Wildman–Crippen LogP) is 5.62. The average Bonchev–Trinajstić information content (AvgIpc) is 3.32. The van der Waals surface area contributed by atoms with Gasteiger partial charge in [0.25, 0.3) is 0 Å². The van der Waals surface area contributed by atoms with Crippen LogP contribution in [0.4, 0.5) is 0 Å². The molecule has 0 N–H and O–H groups in total. The molecule has 3 atom stereocenters. The molecule has 2 heteroatoms. The number of nitrogens with zero attached hydrogens (tertiary/aromatic N) is 1. The number of benzene rings is 3. The summed E-state index contributed by atoms with van der Waals surface area (Å²) in [6.07, 6.45) is 0. The van der Waals surface area contributed by atoms with Gasteiger partial charge in [-0.1, -0.05) is 72.3 Å². The van der Waals surface area contributed by atoms with Crippen molar-refractivity contribution in [3.8, 4) is 11.1 Å². The topological polar surface area (TPSA) is 3.01 Å². The maximum absolute atomic E-state index is 6.01. The molecule has 1 unspecified atom stereocenters. The van der Waals surface area contributed by atoms with Crippen molar-refractivity contribution < 1.29 is 0 Å². The largest absolute Gasteiger partial charge is 0.281 e. The lowest BCUT2D eigenvalue weighted by molar-refractivity contribution is 0.482. The molecule has 0 bridgehead atoms. The number of fused-ring (bicyclic) bond motifs is 6. The van der Waals surface area contributed by atoms with Gasteiger partial charge >= 0.3 is 0 Å². The number of hydrogen-bond acceptors (Lipinski definition) is 1. The maximum Gasteiger partial charge on any atom is 0.0562 e. The highest BCUT2D eigenvalue weighted by atomic mass is 35.5. The molecule has 0 spiro atoms. The van der Waals surface area contributed by atoms with E-state index in [1.165, 1.54) is 27.8 Å². The van der Waals surface area contributed by atoms with Crippen LogP contribution in [0.15, 0.2) is 72.8 Å². The van der Waals surface area contributed by atoms with Crippen molar-refractivity contribution in [3.05, 3.63) is 94.5 Å². The minimum atomic E-state index is 0.511. The molecule has 2 aliphatic rings. The van der Waals surface area contributed by atoms with Gasteiger partial charge in [-0.05, 0) is 39.9 Å². The van der Waals surface area contributed by atoms with Crippen LogP contribution >= 0.6 is 11.6 Å². The van der Waals surface area contributed by atoms with Crippen LogP contribution in [0.25, 0.3) is 11.1 Å². The zero-order valence-corrected chi connectivity index (χ0v) is 13.4. The second kappa shape index (κ2) is 4.95. The van der Waals surface area contributed by atoms with Crippen LogP contribution < -0.4 is 0 Å². The maximum atomic E-state index is 6.01. The van der Waals surface area contributed by atoms with E-state index in [9.17, 15) is 0 Å². The highest BCUT2D eigenvalue weighted by Gasteiger charge is 2.53. The van der Waals surface area contributed by atoms with E-state index in [4.69, 9.17) is 11.6 Å². The average molecular weight is 318 g/mol. The van der Waals surface area contributed by atoms with E-state index < -0.39 is 0 Å². The van der Waals surface area contributed by atoms with E-state index in [2.05, 4.69) is 65.6 Å². The Morgan fingerprint density at radius 3 is 1.78 bits per heavy atom. The molecule has 1 aliphatic carbocycles. The molecule has 1 saturated heterocycles. The van der Waals surface area contributed by atoms with Crippen LogP contribution in [0.2, 0.25) is 5.02 Å². The Hall–Kier alpha value is -2.09. The van der Waals surface area contributed by atoms with E-state index in [1.807, 2.05) is 12.1 Å². The highest BCUT2D eigenvalue weighted by Crippen LogP contribution is 2.62.